The van der Waals surface area contributed by atoms with E-state index in [4.69, 9.17) is 4.52 Å². The van der Waals surface area contributed by atoms with Gasteiger partial charge in [0.25, 0.3) is 0 Å². The SMILES string of the molecule is Cc1noc(C=Cc2ccccc2F)c1S(=O)(=O)N1CCC(C(=O)Nc2ccc(Br)cc2F)CC1. The van der Waals surface area contributed by atoms with Gasteiger partial charge in [-0.1, -0.05) is 39.3 Å². The van der Waals surface area contributed by atoms with Crippen molar-refractivity contribution in [1.82, 2.24) is 9.46 Å². The van der Waals surface area contributed by atoms with Crippen molar-refractivity contribution in [2.24, 2.45) is 5.92 Å². The van der Waals surface area contributed by atoms with Gasteiger partial charge in [0, 0.05) is 29.0 Å². The number of piperidine rings is 1. The third-order valence-electron chi connectivity index (χ3n) is 5.76. The summed E-state index contributed by atoms with van der Waals surface area (Å²) in [4.78, 5) is 12.5. The highest BCUT2D eigenvalue weighted by Crippen LogP contribution is 2.30. The van der Waals surface area contributed by atoms with E-state index in [1.807, 2.05) is 0 Å². The van der Waals surface area contributed by atoms with Gasteiger partial charge in [0.2, 0.25) is 15.9 Å². The standard InChI is InChI=1S/C24H22BrF2N3O4S/c1-15-23(22(34-29-15)9-6-16-4-2-3-5-19(16)26)35(32,33)30-12-10-17(11-13-30)24(31)28-21-8-7-18(25)14-20(21)27/h2-9,14,17H,10-13H2,1H3,(H,28,31). The molecule has 3 aromatic rings. The molecule has 0 spiro atoms. The summed E-state index contributed by atoms with van der Waals surface area (Å²) in [5.74, 6) is -1.85. The van der Waals surface area contributed by atoms with Crippen molar-refractivity contribution in [3.63, 3.8) is 0 Å². The summed E-state index contributed by atoms with van der Waals surface area (Å²) in [5.41, 5.74) is 0.530. The Bertz CT molecular complexity index is 1380. The average molecular weight is 566 g/mol. The smallest absolute Gasteiger partial charge is 0.248 e. The van der Waals surface area contributed by atoms with E-state index in [0.29, 0.717) is 4.47 Å². The number of benzene rings is 2. The number of aromatic nitrogens is 1. The molecule has 11 heteroatoms. The maximum Gasteiger partial charge on any atom is 0.248 e. The highest BCUT2D eigenvalue weighted by molar-refractivity contribution is 9.10. The van der Waals surface area contributed by atoms with Crippen molar-refractivity contribution in [2.45, 2.75) is 24.7 Å². The number of rotatable bonds is 6. The van der Waals surface area contributed by atoms with Gasteiger partial charge in [0.1, 0.15) is 17.3 Å². The molecule has 7 nitrogen and oxygen atoms in total. The summed E-state index contributed by atoms with van der Waals surface area (Å²) >= 11 is 3.17. The van der Waals surface area contributed by atoms with Crippen LogP contribution in [0.25, 0.3) is 12.2 Å². The third kappa shape index (κ3) is 5.52. The fourth-order valence-electron chi connectivity index (χ4n) is 3.89. The van der Waals surface area contributed by atoms with Gasteiger partial charge in [-0.25, -0.2) is 17.2 Å². The Hall–Kier alpha value is -2.89. The first-order valence-corrected chi connectivity index (χ1v) is 13.0. The lowest BCUT2D eigenvalue weighted by Gasteiger charge is -2.30. The maximum atomic E-state index is 14.0. The van der Waals surface area contributed by atoms with Crippen LogP contribution in [0.15, 0.2) is 56.4 Å². The molecule has 1 amide bonds. The normalized spacial score (nSPS) is 15.5. The molecule has 1 fully saturated rings. The molecule has 2 aromatic carbocycles. The highest BCUT2D eigenvalue weighted by atomic mass is 79.9. The molecule has 1 aliphatic rings. The number of amides is 1. The van der Waals surface area contributed by atoms with Crippen LogP contribution in [0.5, 0.6) is 0 Å². The summed E-state index contributed by atoms with van der Waals surface area (Å²) in [7, 11) is -3.98. The van der Waals surface area contributed by atoms with Gasteiger partial charge in [-0.3, -0.25) is 4.79 Å². The van der Waals surface area contributed by atoms with Crippen LogP contribution >= 0.6 is 15.9 Å². The first-order chi connectivity index (χ1) is 16.7. The van der Waals surface area contributed by atoms with E-state index in [-0.39, 0.29) is 59.4 Å². The van der Waals surface area contributed by atoms with Crippen molar-refractivity contribution in [3.8, 4) is 0 Å². The van der Waals surface area contributed by atoms with E-state index in [9.17, 15) is 22.0 Å². The zero-order valence-corrected chi connectivity index (χ0v) is 21.1. The van der Waals surface area contributed by atoms with Crippen molar-refractivity contribution in [2.75, 3.05) is 18.4 Å². The molecule has 1 saturated heterocycles. The number of hydrogen-bond donors (Lipinski definition) is 1. The molecule has 0 radical (unpaired) electrons. The van der Waals surface area contributed by atoms with Crippen LogP contribution in [-0.2, 0) is 14.8 Å². The molecule has 184 valence electrons. The molecular formula is C24H22BrF2N3O4S. The van der Waals surface area contributed by atoms with E-state index >= 15 is 0 Å². The van der Waals surface area contributed by atoms with E-state index in [1.54, 1.807) is 24.3 Å². The molecule has 4 rings (SSSR count). The highest BCUT2D eigenvalue weighted by Gasteiger charge is 2.36. The van der Waals surface area contributed by atoms with Gasteiger partial charge in [0.05, 0.1) is 5.69 Å². The Kier molecular flexibility index (Phi) is 7.48. The van der Waals surface area contributed by atoms with Crippen molar-refractivity contribution in [3.05, 3.63) is 75.6 Å². The van der Waals surface area contributed by atoms with Crippen LogP contribution in [0.2, 0.25) is 0 Å². The second-order valence-corrected chi connectivity index (χ2v) is 10.9. The Balaban J connectivity index is 1.46. The Morgan fingerprint density at radius 1 is 1.14 bits per heavy atom. The zero-order chi connectivity index (χ0) is 25.2. The fourth-order valence-corrected chi connectivity index (χ4v) is 5.94. The Labute approximate surface area is 210 Å². The fraction of sp³-hybridized carbons (Fsp3) is 0.250. The molecular weight excluding hydrogens is 544 g/mol. The van der Waals surface area contributed by atoms with Gasteiger partial charge in [-0.05, 0) is 56.2 Å². The molecule has 0 saturated carbocycles. The second kappa shape index (κ2) is 10.4. The number of aryl methyl sites for hydroxylation is 1. The molecule has 1 aromatic heterocycles. The lowest BCUT2D eigenvalue weighted by atomic mass is 9.97. The number of hydrogen-bond acceptors (Lipinski definition) is 5. The number of carbonyl (C=O) groups is 1. The van der Waals surface area contributed by atoms with Crippen LogP contribution < -0.4 is 5.32 Å². The van der Waals surface area contributed by atoms with E-state index in [2.05, 4.69) is 26.4 Å². The van der Waals surface area contributed by atoms with Crippen LogP contribution in [0.1, 0.15) is 29.9 Å². The van der Waals surface area contributed by atoms with Gasteiger partial charge in [-0.2, -0.15) is 4.31 Å². The number of nitrogens with zero attached hydrogens (tertiary/aromatic N) is 2. The summed E-state index contributed by atoms with van der Waals surface area (Å²) < 4.78 is 61.8. The first kappa shape index (κ1) is 25.2. The predicted octanol–water partition coefficient (Wildman–Crippen LogP) is 5.23. The summed E-state index contributed by atoms with van der Waals surface area (Å²) in [6.45, 7) is 1.72. The van der Waals surface area contributed by atoms with E-state index < -0.39 is 27.6 Å². The third-order valence-corrected chi connectivity index (χ3v) is 8.32. The topological polar surface area (TPSA) is 92.5 Å². The molecule has 35 heavy (non-hydrogen) atoms. The van der Waals surface area contributed by atoms with Gasteiger partial charge in [-0.15, -0.1) is 0 Å². The van der Waals surface area contributed by atoms with E-state index in [0.717, 1.165) is 0 Å². The van der Waals surface area contributed by atoms with Gasteiger partial charge < -0.3 is 9.84 Å². The minimum Gasteiger partial charge on any atom is -0.355 e. The average Bonchev–Trinajstić information content (AvgIpc) is 3.21. The minimum atomic E-state index is -3.98. The van der Waals surface area contributed by atoms with Crippen LogP contribution in [-0.4, -0.2) is 36.9 Å². The summed E-state index contributed by atoms with van der Waals surface area (Å²) in [5, 5.41) is 6.36. The van der Waals surface area contributed by atoms with Crippen LogP contribution in [0.4, 0.5) is 14.5 Å². The number of nitrogens with one attached hydrogen (secondary N) is 1. The van der Waals surface area contributed by atoms with E-state index in [1.165, 1.54) is 41.6 Å². The van der Waals surface area contributed by atoms with Gasteiger partial charge >= 0.3 is 0 Å². The van der Waals surface area contributed by atoms with Crippen molar-refractivity contribution < 1.29 is 26.5 Å². The molecule has 1 N–H and O–H groups in total. The molecule has 0 unspecified atom stereocenters. The quantitative estimate of drug-likeness (QED) is 0.441. The zero-order valence-electron chi connectivity index (χ0n) is 18.7. The summed E-state index contributed by atoms with van der Waals surface area (Å²) in [6, 6.07) is 10.4. The van der Waals surface area contributed by atoms with Crippen molar-refractivity contribution >= 4 is 49.7 Å². The van der Waals surface area contributed by atoms with Crippen molar-refractivity contribution in [1.29, 1.82) is 0 Å². The monoisotopic (exact) mass is 565 g/mol. The molecule has 0 atom stereocenters. The van der Waals surface area contributed by atoms with Gasteiger partial charge in [0.15, 0.2) is 10.7 Å². The molecule has 0 aliphatic carbocycles. The summed E-state index contributed by atoms with van der Waals surface area (Å²) in [6.07, 6.45) is 3.34. The lowest BCUT2D eigenvalue weighted by molar-refractivity contribution is -0.120. The Morgan fingerprint density at radius 2 is 1.86 bits per heavy atom. The first-order valence-electron chi connectivity index (χ1n) is 10.8. The largest absolute Gasteiger partial charge is 0.355 e. The molecule has 2 heterocycles. The molecule has 0 bridgehead atoms. The minimum absolute atomic E-state index is 0.00340. The Morgan fingerprint density at radius 3 is 2.54 bits per heavy atom. The number of sulfonamides is 1. The molecule has 1 aliphatic heterocycles. The van der Waals surface area contributed by atoms with Crippen LogP contribution in [0, 0.1) is 24.5 Å². The van der Waals surface area contributed by atoms with Crippen LogP contribution in [0.3, 0.4) is 0 Å². The second-order valence-electron chi connectivity index (χ2n) is 8.11. The number of anilines is 1. The predicted molar refractivity (Wildman–Crippen MR) is 131 cm³/mol. The number of carbonyl (C=O) groups excluding carboxylic acids is 1. The lowest BCUT2D eigenvalue weighted by Crippen LogP contribution is -2.41. The number of halogens is 3. The maximum absolute atomic E-state index is 14.0.